The van der Waals surface area contributed by atoms with Gasteiger partial charge in [-0.1, -0.05) is 31.2 Å². The van der Waals surface area contributed by atoms with E-state index in [4.69, 9.17) is 9.47 Å². The van der Waals surface area contributed by atoms with Crippen molar-refractivity contribution in [3.8, 4) is 11.5 Å². The van der Waals surface area contributed by atoms with Crippen molar-refractivity contribution in [2.24, 2.45) is 0 Å². The van der Waals surface area contributed by atoms with Crippen molar-refractivity contribution < 1.29 is 13.9 Å². The van der Waals surface area contributed by atoms with Gasteiger partial charge >= 0.3 is 0 Å². The van der Waals surface area contributed by atoms with E-state index in [9.17, 15) is 4.39 Å². The molecular weight excluding hydrogens is 281 g/mol. The van der Waals surface area contributed by atoms with Crippen molar-refractivity contribution in [1.82, 2.24) is 4.90 Å². The van der Waals surface area contributed by atoms with Crippen LogP contribution in [0.5, 0.6) is 11.5 Å². The van der Waals surface area contributed by atoms with E-state index in [1.165, 1.54) is 12.1 Å². The van der Waals surface area contributed by atoms with Crippen molar-refractivity contribution in [3.63, 3.8) is 0 Å². The van der Waals surface area contributed by atoms with Gasteiger partial charge < -0.3 is 9.47 Å². The van der Waals surface area contributed by atoms with Gasteiger partial charge in [0.25, 0.3) is 0 Å². The monoisotopic (exact) mass is 301 g/mol. The Bertz CT molecular complexity index is 627. The maximum Gasteiger partial charge on any atom is 0.165 e. The maximum absolute atomic E-state index is 13.0. The molecule has 22 heavy (non-hydrogen) atoms. The Hall–Kier alpha value is -2.07. The van der Waals surface area contributed by atoms with Crippen LogP contribution in [0.15, 0.2) is 42.5 Å². The summed E-state index contributed by atoms with van der Waals surface area (Å²) in [5.41, 5.74) is 2.23. The van der Waals surface area contributed by atoms with Gasteiger partial charge in [-0.15, -0.1) is 0 Å². The molecule has 0 saturated heterocycles. The molecule has 0 spiro atoms. The third-order valence-corrected chi connectivity index (χ3v) is 3.81. The minimum Gasteiger partial charge on any atom is -0.486 e. The lowest BCUT2D eigenvalue weighted by atomic mass is 10.1. The molecule has 0 radical (unpaired) electrons. The number of rotatable bonds is 5. The number of fused-ring (bicyclic) bond motifs is 1. The first-order valence-corrected chi connectivity index (χ1v) is 7.60. The number of para-hydroxylation sites is 1. The molecule has 1 heterocycles. The number of ether oxygens (including phenoxy) is 2. The summed E-state index contributed by atoms with van der Waals surface area (Å²) in [5, 5.41) is 0. The second-order valence-electron chi connectivity index (χ2n) is 5.37. The minimum absolute atomic E-state index is 0.200. The van der Waals surface area contributed by atoms with Gasteiger partial charge in [0, 0.05) is 18.7 Å². The van der Waals surface area contributed by atoms with Crippen LogP contribution in [0.3, 0.4) is 0 Å². The Morgan fingerprint density at radius 2 is 1.77 bits per heavy atom. The summed E-state index contributed by atoms with van der Waals surface area (Å²) in [7, 11) is 0. The van der Waals surface area contributed by atoms with E-state index < -0.39 is 0 Å². The van der Waals surface area contributed by atoms with Crippen LogP contribution in [0.1, 0.15) is 18.1 Å². The summed E-state index contributed by atoms with van der Waals surface area (Å²) in [4.78, 5) is 2.29. The fraction of sp³-hybridized carbons (Fsp3) is 0.333. The Labute approximate surface area is 130 Å². The first-order valence-electron chi connectivity index (χ1n) is 7.60. The van der Waals surface area contributed by atoms with Gasteiger partial charge in [0.1, 0.15) is 19.0 Å². The van der Waals surface area contributed by atoms with Crippen LogP contribution >= 0.6 is 0 Å². The molecule has 4 heteroatoms. The molecule has 2 aromatic rings. The van der Waals surface area contributed by atoms with Crippen molar-refractivity contribution in [3.05, 3.63) is 59.4 Å². The molecule has 3 rings (SSSR count). The van der Waals surface area contributed by atoms with Crippen LogP contribution < -0.4 is 9.47 Å². The molecule has 0 saturated carbocycles. The highest BCUT2D eigenvalue weighted by Crippen LogP contribution is 2.34. The van der Waals surface area contributed by atoms with Gasteiger partial charge in [-0.3, -0.25) is 4.90 Å². The number of hydrogen-bond acceptors (Lipinski definition) is 3. The van der Waals surface area contributed by atoms with Crippen LogP contribution in [-0.2, 0) is 13.1 Å². The summed E-state index contributed by atoms with van der Waals surface area (Å²) in [6.07, 6.45) is 0. The zero-order valence-corrected chi connectivity index (χ0v) is 12.7. The lowest BCUT2D eigenvalue weighted by Gasteiger charge is -2.25. The minimum atomic E-state index is -0.200. The highest BCUT2D eigenvalue weighted by atomic mass is 19.1. The molecule has 116 valence electrons. The van der Waals surface area contributed by atoms with E-state index in [1.54, 1.807) is 0 Å². The highest BCUT2D eigenvalue weighted by Gasteiger charge is 2.17. The Kier molecular flexibility index (Phi) is 4.59. The van der Waals surface area contributed by atoms with Crippen molar-refractivity contribution in [1.29, 1.82) is 0 Å². The highest BCUT2D eigenvalue weighted by molar-refractivity contribution is 5.47. The average molecular weight is 301 g/mol. The summed E-state index contributed by atoms with van der Waals surface area (Å²) >= 11 is 0. The van der Waals surface area contributed by atoms with Crippen LogP contribution in [-0.4, -0.2) is 24.7 Å². The lowest BCUT2D eigenvalue weighted by Crippen LogP contribution is -2.24. The van der Waals surface area contributed by atoms with Crippen molar-refractivity contribution in [2.45, 2.75) is 20.0 Å². The standard InChI is InChI=1S/C18H20FNO2/c1-2-20(12-14-6-8-16(19)9-7-14)13-15-4-3-5-17-18(15)22-11-10-21-17/h3-9H,2,10-13H2,1H3. The molecule has 0 aromatic heterocycles. The van der Waals surface area contributed by atoms with E-state index in [-0.39, 0.29) is 5.82 Å². The molecule has 1 aliphatic heterocycles. The predicted molar refractivity (Wildman–Crippen MR) is 83.6 cm³/mol. The first kappa shape index (κ1) is 14.9. The Morgan fingerprint density at radius 1 is 1.00 bits per heavy atom. The SMILES string of the molecule is CCN(Cc1ccc(F)cc1)Cc1cccc2c1OCCO2. The van der Waals surface area contributed by atoms with Crippen LogP contribution in [0.25, 0.3) is 0 Å². The zero-order valence-electron chi connectivity index (χ0n) is 12.7. The van der Waals surface area contributed by atoms with E-state index in [0.717, 1.165) is 42.3 Å². The second-order valence-corrected chi connectivity index (χ2v) is 5.37. The van der Waals surface area contributed by atoms with Crippen molar-refractivity contribution >= 4 is 0 Å². The second kappa shape index (κ2) is 6.79. The van der Waals surface area contributed by atoms with E-state index >= 15 is 0 Å². The molecule has 0 atom stereocenters. The largest absolute Gasteiger partial charge is 0.486 e. The molecule has 2 aromatic carbocycles. The fourth-order valence-electron chi connectivity index (χ4n) is 2.63. The van der Waals surface area contributed by atoms with Gasteiger partial charge in [0.2, 0.25) is 0 Å². The Balaban J connectivity index is 1.74. The molecule has 0 fully saturated rings. The summed E-state index contributed by atoms with van der Waals surface area (Å²) in [5.74, 6) is 1.47. The molecule has 1 aliphatic rings. The molecule has 0 N–H and O–H groups in total. The number of benzene rings is 2. The van der Waals surface area contributed by atoms with Gasteiger partial charge in [0.05, 0.1) is 0 Å². The van der Waals surface area contributed by atoms with Gasteiger partial charge in [0.15, 0.2) is 11.5 Å². The molecule has 0 bridgehead atoms. The average Bonchev–Trinajstić information content (AvgIpc) is 2.56. The van der Waals surface area contributed by atoms with Gasteiger partial charge in [-0.05, 0) is 30.3 Å². The van der Waals surface area contributed by atoms with E-state index in [2.05, 4.69) is 17.9 Å². The van der Waals surface area contributed by atoms with Gasteiger partial charge in [-0.2, -0.15) is 0 Å². The molecular formula is C18H20FNO2. The molecule has 0 amide bonds. The number of halogens is 1. The normalized spacial score (nSPS) is 13.4. The van der Waals surface area contributed by atoms with Crippen LogP contribution in [0, 0.1) is 5.82 Å². The third kappa shape index (κ3) is 3.39. The lowest BCUT2D eigenvalue weighted by molar-refractivity contribution is 0.166. The summed E-state index contributed by atoms with van der Waals surface area (Å²) in [6, 6.07) is 12.7. The zero-order chi connectivity index (χ0) is 15.4. The van der Waals surface area contributed by atoms with Crippen LogP contribution in [0.4, 0.5) is 4.39 Å². The van der Waals surface area contributed by atoms with Crippen LogP contribution in [0.2, 0.25) is 0 Å². The topological polar surface area (TPSA) is 21.7 Å². The third-order valence-electron chi connectivity index (χ3n) is 3.81. The quantitative estimate of drug-likeness (QED) is 0.842. The number of hydrogen-bond donors (Lipinski definition) is 0. The number of nitrogens with zero attached hydrogens (tertiary/aromatic N) is 1. The Morgan fingerprint density at radius 3 is 2.55 bits per heavy atom. The first-order chi connectivity index (χ1) is 10.8. The molecule has 0 aliphatic carbocycles. The molecule has 0 unspecified atom stereocenters. The van der Waals surface area contributed by atoms with E-state index in [0.29, 0.717) is 13.2 Å². The summed E-state index contributed by atoms with van der Waals surface area (Å²) < 4.78 is 24.4. The predicted octanol–water partition coefficient (Wildman–Crippen LogP) is 3.62. The van der Waals surface area contributed by atoms with E-state index in [1.807, 2.05) is 24.3 Å². The summed E-state index contributed by atoms with van der Waals surface area (Å²) in [6.45, 7) is 5.78. The molecule has 3 nitrogen and oxygen atoms in total. The maximum atomic E-state index is 13.0. The smallest absolute Gasteiger partial charge is 0.165 e. The fourth-order valence-corrected chi connectivity index (χ4v) is 2.63. The van der Waals surface area contributed by atoms with Gasteiger partial charge in [-0.25, -0.2) is 4.39 Å². The van der Waals surface area contributed by atoms with Crippen molar-refractivity contribution in [2.75, 3.05) is 19.8 Å².